The molecule has 0 radical (unpaired) electrons. The first-order valence-corrected chi connectivity index (χ1v) is 8.37. The molecule has 3 heterocycles. The topological polar surface area (TPSA) is 50.1 Å². The third-order valence-corrected chi connectivity index (χ3v) is 4.97. The third-order valence-electron chi connectivity index (χ3n) is 4.11. The van der Waals surface area contributed by atoms with Gasteiger partial charge < -0.3 is 4.90 Å². The maximum atomic E-state index is 4.31. The van der Waals surface area contributed by atoms with Gasteiger partial charge in [0, 0.05) is 31.1 Å². The standard InChI is InChI=1S/C14H22N6S/c1-3-13(19-8-6-18(2)7-9-19)14-15-16-17-20(14)11-12-5-4-10-21-12/h4-5,10,13H,3,6-9,11H2,1-2H3/t13-/m1/s1. The quantitative estimate of drug-likeness (QED) is 0.837. The molecule has 2 aromatic heterocycles. The van der Waals surface area contributed by atoms with Crippen LogP contribution in [0.15, 0.2) is 17.5 Å². The fourth-order valence-corrected chi connectivity index (χ4v) is 3.54. The number of tetrazole rings is 1. The minimum absolute atomic E-state index is 0.314. The van der Waals surface area contributed by atoms with Crippen LogP contribution in [0, 0.1) is 0 Å². The Labute approximate surface area is 129 Å². The summed E-state index contributed by atoms with van der Waals surface area (Å²) in [7, 11) is 2.18. The van der Waals surface area contributed by atoms with Crippen molar-refractivity contribution in [2.45, 2.75) is 25.9 Å². The Bertz CT molecular complexity index is 544. The minimum Gasteiger partial charge on any atom is -0.304 e. The van der Waals surface area contributed by atoms with Gasteiger partial charge in [0.2, 0.25) is 0 Å². The van der Waals surface area contributed by atoms with Crippen molar-refractivity contribution in [2.24, 2.45) is 0 Å². The lowest BCUT2D eigenvalue weighted by molar-refractivity contribution is 0.103. The van der Waals surface area contributed by atoms with E-state index in [1.807, 2.05) is 4.68 Å². The van der Waals surface area contributed by atoms with Crippen molar-refractivity contribution in [3.63, 3.8) is 0 Å². The SMILES string of the molecule is CC[C@H](c1nnnn1Cc1cccs1)N1CCN(C)CC1. The molecule has 114 valence electrons. The van der Waals surface area contributed by atoms with E-state index >= 15 is 0 Å². The van der Waals surface area contributed by atoms with Gasteiger partial charge in [-0.15, -0.1) is 16.4 Å². The van der Waals surface area contributed by atoms with Gasteiger partial charge in [-0.3, -0.25) is 4.90 Å². The van der Waals surface area contributed by atoms with E-state index in [4.69, 9.17) is 0 Å². The van der Waals surface area contributed by atoms with E-state index in [0.717, 1.165) is 45.0 Å². The highest BCUT2D eigenvalue weighted by Crippen LogP contribution is 2.24. The molecule has 0 N–H and O–H groups in total. The summed E-state index contributed by atoms with van der Waals surface area (Å²) in [6.45, 7) is 7.38. The van der Waals surface area contributed by atoms with Crippen molar-refractivity contribution in [3.05, 3.63) is 28.2 Å². The second kappa shape index (κ2) is 6.64. The van der Waals surface area contributed by atoms with Gasteiger partial charge in [-0.05, 0) is 35.3 Å². The lowest BCUT2D eigenvalue weighted by Crippen LogP contribution is -2.46. The van der Waals surface area contributed by atoms with Crippen LogP contribution in [-0.2, 0) is 6.54 Å². The van der Waals surface area contributed by atoms with Crippen LogP contribution in [0.5, 0.6) is 0 Å². The average Bonchev–Trinajstić information content (AvgIpc) is 3.15. The van der Waals surface area contributed by atoms with E-state index in [9.17, 15) is 0 Å². The first kappa shape index (κ1) is 14.6. The lowest BCUT2D eigenvalue weighted by atomic mass is 10.1. The van der Waals surface area contributed by atoms with Gasteiger partial charge in [0.1, 0.15) is 0 Å². The smallest absolute Gasteiger partial charge is 0.168 e. The highest BCUT2D eigenvalue weighted by molar-refractivity contribution is 7.09. The normalized spacial score (nSPS) is 19.0. The van der Waals surface area contributed by atoms with Crippen molar-refractivity contribution < 1.29 is 0 Å². The van der Waals surface area contributed by atoms with Crippen LogP contribution < -0.4 is 0 Å². The zero-order valence-corrected chi connectivity index (χ0v) is 13.5. The first-order chi connectivity index (χ1) is 10.3. The van der Waals surface area contributed by atoms with Gasteiger partial charge in [-0.2, -0.15) is 0 Å². The van der Waals surface area contributed by atoms with Crippen LogP contribution in [0.2, 0.25) is 0 Å². The average molecular weight is 306 g/mol. The summed E-state index contributed by atoms with van der Waals surface area (Å²) in [5.41, 5.74) is 0. The summed E-state index contributed by atoms with van der Waals surface area (Å²) in [6, 6.07) is 4.52. The summed E-state index contributed by atoms with van der Waals surface area (Å²) in [5, 5.41) is 14.5. The molecule has 6 nitrogen and oxygen atoms in total. The molecule has 1 aliphatic heterocycles. The van der Waals surface area contributed by atoms with Gasteiger partial charge in [-0.1, -0.05) is 13.0 Å². The Balaban J connectivity index is 1.76. The summed E-state index contributed by atoms with van der Waals surface area (Å²) >= 11 is 1.75. The second-order valence-electron chi connectivity index (χ2n) is 5.54. The number of rotatable bonds is 5. The van der Waals surface area contributed by atoms with Gasteiger partial charge in [0.25, 0.3) is 0 Å². The molecule has 0 aromatic carbocycles. The van der Waals surface area contributed by atoms with Gasteiger partial charge in [0.05, 0.1) is 12.6 Å². The van der Waals surface area contributed by atoms with Crippen LogP contribution in [0.4, 0.5) is 0 Å². The maximum absolute atomic E-state index is 4.31. The molecule has 2 aromatic rings. The predicted molar refractivity (Wildman–Crippen MR) is 83.3 cm³/mol. The fourth-order valence-electron chi connectivity index (χ4n) is 2.85. The Hall–Kier alpha value is -1.31. The van der Waals surface area contributed by atoms with E-state index in [1.165, 1.54) is 4.88 Å². The van der Waals surface area contributed by atoms with Crippen LogP contribution in [-0.4, -0.2) is 63.2 Å². The van der Waals surface area contributed by atoms with Crippen molar-refractivity contribution in [1.82, 2.24) is 30.0 Å². The number of nitrogens with zero attached hydrogens (tertiary/aromatic N) is 6. The second-order valence-corrected chi connectivity index (χ2v) is 6.57. The molecule has 0 amide bonds. The van der Waals surface area contributed by atoms with Crippen LogP contribution in [0.1, 0.15) is 30.1 Å². The predicted octanol–water partition coefficient (Wildman–Crippen LogP) is 1.48. The zero-order chi connectivity index (χ0) is 14.7. The number of hydrogen-bond acceptors (Lipinski definition) is 6. The summed E-state index contributed by atoms with van der Waals surface area (Å²) in [6.07, 6.45) is 1.04. The van der Waals surface area contributed by atoms with Crippen molar-refractivity contribution in [3.8, 4) is 0 Å². The van der Waals surface area contributed by atoms with E-state index in [2.05, 4.69) is 56.8 Å². The van der Waals surface area contributed by atoms with Gasteiger partial charge >= 0.3 is 0 Å². The molecule has 0 saturated carbocycles. The Morgan fingerprint density at radius 1 is 1.29 bits per heavy atom. The lowest BCUT2D eigenvalue weighted by Gasteiger charge is -2.36. The Morgan fingerprint density at radius 3 is 2.76 bits per heavy atom. The molecular formula is C14H22N6S. The molecule has 0 spiro atoms. The monoisotopic (exact) mass is 306 g/mol. The van der Waals surface area contributed by atoms with Crippen molar-refractivity contribution in [2.75, 3.05) is 33.2 Å². The molecule has 3 rings (SSSR count). The molecule has 0 bridgehead atoms. The highest BCUT2D eigenvalue weighted by Gasteiger charge is 2.26. The maximum Gasteiger partial charge on any atom is 0.168 e. The summed E-state index contributed by atoms with van der Waals surface area (Å²) in [4.78, 5) is 6.17. The van der Waals surface area contributed by atoms with E-state index in [-0.39, 0.29) is 0 Å². The van der Waals surface area contributed by atoms with Crippen molar-refractivity contribution in [1.29, 1.82) is 0 Å². The third kappa shape index (κ3) is 3.30. The first-order valence-electron chi connectivity index (χ1n) is 7.49. The fraction of sp³-hybridized carbons (Fsp3) is 0.643. The number of hydrogen-bond donors (Lipinski definition) is 0. The zero-order valence-electron chi connectivity index (χ0n) is 12.6. The van der Waals surface area contributed by atoms with Crippen LogP contribution in [0.25, 0.3) is 0 Å². The molecule has 1 saturated heterocycles. The van der Waals surface area contributed by atoms with Crippen molar-refractivity contribution >= 4 is 11.3 Å². The van der Waals surface area contributed by atoms with E-state index in [0.29, 0.717) is 6.04 Å². The molecule has 1 aliphatic rings. The highest BCUT2D eigenvalue weighted by atomic mass is 32.1. The molecule has 1 atom stereocenters. The molecule has 0 aliphatic carbocycles. The van der Waals surface area contributed by atoms with Gasteiger partial charge in [-0.25, -0.2) is 4.68 Å². The number of aromatic nitrogens is 4. The van der Waals surface area contributed by atoms with E-state index in [1.54, 1.807) is 11.3 Å². The Morgan fingerprint density at radius 2 is 2.10 bits per heavy atom. The number of piperazine rings is 1. The van der Waals surface area contributed by atoms with E-state index < -0.39 is 0 Å². The summed E-state index contributed by atoms with van der Waals surface area (Å²) < 4.78 is 1.96. The largest absolute Gasteiger partial charge is 0.304 e. The molecular weight excluding hydrogens is 284 g/mol. The molecule has 7 heteroatoms. The van der Waals surface area contributed by atoms with Crippen LogP contribution in [0.3, 0.4) is 0 Å². The van der Waals surface area contributed by atoms with Crippen LogP contribution >= 0.6 is 11.3 Å². The molecule has 1 fully saturated rings. The number of thiophene rings is 1. The molecule has 0 unspecified atom stereocenters. The summed E-state index contributed by atoms with van der Waals surface area (Å²) in [5.74, 6) is 0.996. The van der Waals surface area contributed by atoms with Gasteiger partial charge in [0.15, 0.2) is 5.82 Å². The Kier molecular flexibility index (Phi) is 4.62. The minimum atomic E-state index is 0.314. The number of likely N-dealkylation sites (N-methyl/N-ethyl adjacent to an activating group) is 1. The molecule has 21 heavy (non-hydrogen) atoms.